The number of nitrogens with one attached hydrogen (secondary N) is 3. The van der Waals surface area contributed by atoms with E-state index in [0.717, 1.165) is 48.8 Å². The molecule has 226 valence electrons. The van der Waals surface area contributed by atoms with Gasteiger partial charge in [-0.1, -0.05) is 38.1 Å². The predicted octanol–water partition coefficient (Wildman–Crippen LogP) is 5.40. The van der Waals surface area contributed by atoms with Crippen LogP contribution in [0.5, 0.6) is 0 Å². The molecule has 10 nitrogen and oxygen atoms in total. The van der Waals surface area contributed by atoms with Crippen LogP contribution in [0.2, 0.25) is 0 Å². The van der Waals surface area contributed by atoms with Crippen LogP contribution in [0.15, 0.2) is 77.8 Å². The number of carbonyl (C=O) groups is 3. The molecule has 0 aliphatic carbocycles. The number of benzene rings is 3. The fraction of sp³-hybridized carbons (Fsp3) is 0.265. The Morgan fingerprint density at radius 3 is 2.45 bits per heavy atom. The van der Waals surface area contributed by atoms with Crippen LogP contribution in [0.25, 0.3) is 0 Å². The first-order valence-electron chi connectivity index (χ1n) is 14.8. The van der Waals surface area contributed by atoms with Crippen molar-refractivity contribution in [2.45, 2.75) is 26.7 Å². The van der Waals surface area contributed by atoms with Gasteiger partial charge in [0.2, 0.25) is 5.91 Å². The quantitative estimate of drug-likeness (QED) is 0.150. The summed E-state index contributed by atoms with van der Waals surface area (Å²) in [6, 6.07) is 21.5. The van der Waals surface area contributed by atoms with Crippen LogP contribution in [0.4, 0.5) is 22.7 Å². The molecule has 0 radical (unpaired) electrons. The highest BCUT2D eigenvalue weighted by molar-refractivity contribution is 6.15. The molecule has 2 heterocycles. The van der Waals surface area contributed by atoms with Crippen LogP contribution in [-0.4, -0.2) is 64.7 Å². The third kappa shape index (κ3) is 6.92. The van der Waals surface area contributed by atoms with Gasteiger partial charge in [0, 0.05) is 54.5 Å². The molecule has 0 bridgehead atoms. The summed E-state index contributed by atoms with van der Waals surface area (Å²) in [5.41, 5.74) is 5.61. The predicted molar refractivity (Wildman–Crippen MR) is 174 cm³/mol. The zero-order chi connectivity index (χ0) is 31.2. The minimum atomic E-state index is -0.560. The molecule has 4 aromatic rings. The number of anilines is 3. The van der Waals surface area contributed by atoms with Crippen LogP contribution in [0.1, 0.15) is 57.4 Å². The third-order valence-electron chi connectivity index (χ3n) is 7.70. The smallest absolute Gasteiger partial charge is 0.273 e. The third-order valence-corrected chi connectivity index (χ3v) is 7.70. The molecule has 0 fully saturated rings. The maximum atomic E-state index is 13.4. The summed E-state index contributed by atoms with van der Waals surface area (Å²) in [6.45, 7) is 10.0. The number of amides is 2. The van der Waals surface area contributed by atoms with Crippen LogP contribution < -0.4 is 16.0 Å². The highest BCUT2D eigenvalue weighted by Gasteiger charge is 2.30. The zero-order valence-electron chi connectivity index (χ0n) is 25.4. The Bertz CT molecular complexity index is 1700. The van der Waals surface area contributed by atoms with E-state index in [1.54, 1.807) is 61.8 Å². The topological polar surface area (TPSA) is 121 Å². The van der Waals surface area contributed by atoms with E-state index in [1.165, 1.54) is 4.68 Å². The van der Waals surface area contributed by atoms with E-state index in [4.69, 9.17) is 0 Å². The molecule has 0 saturated heterocycles. The largest absolute Gasteiger partial charge is 0.384 e. The molecule has 1 aliphatic heterocycles. The lowest BCUT2D eigenvalue weighted by Crippen LogP contribution is -2.28. The lowest BCUT2D eigenvalue weighted by atomic mass is 9.97. The first-order valence-corrected chi connectivity index (χ1v) is 14.8. The molecule has 10 heteroatoms. The normalized spacial score (nSPS) is 14.1. The first kappa shape index (κ1) is 30.4. The van der Waals surface area contributed by atoms with Crippen molar-refractivity contribution >= 4 is 46.6 Å². The molecule has 44 heavy (non-hydrogen) atoms. The van der Waals surface area contributed by atoms with Gasteiger partial charge in [0.15, 0.2) is 5.78 Å². The van der Waals surface area contributed by atoms with E-state index in [0.29, 0.717) is 28.2 Å². The number of likely N-dealkylation sites (N-methyl/N-ethyl adjacent to an activating group) is 1. The molecular weight excluding hydrogens is 554 g/mol. The van der Waals surface area contributed by atoms with Gasteiger partial charge in [-0.15, -0.1) is 0 Å². The van der Waals surface area contributed by atoms with Gasteiger partial charge in [0.25, 0.3) is 5.91 Å². The van der Waals surface area contributed by atoms with Gasteiger partial charge < -0.3 is 20.9 Å². The monoisotopic (exact) mass is 591 g/mol. The van der Waals surface area contributed by atoms with E-state index >= 15 is 0 Å². The Balaban J connectivity index is 1.23. The van der Waals surface area contributed by atoms with Gasteiger partial charge >= 0.3 is 0 Å². The van der Waals surface area contributed by atoms with Crippen LogP contribution in [-0.2, 0) is 11.8 Å². The second-order valence-corrected chi connectivity index (χ2v) is 10.7. The standard InChI is InChI=1S/C34H37N7O3/c1-5-41(6-2)17-16-35-25-11-13-26(14-12-25)36-21-29-28-15-10-24(20-30(28)38-33(29)43)32(42)23-8-7-9-27(19-23)37-34(44)31-18-22(3)39-40(31)4/h7-15,18-21,29,35H,5-6,16-17H2,1-4H3,(H,37,44)(H,38,43). The van der Waals surface area contributed by atoms with Crippen molar-refractivity contribution < 1.29 is 14.4 Å². The second-order valence-electron chi connectivity index (χ2n) is 10.7. The highest BCUT2D eigenvalue weighted by Crippen LogP contribution is 2.33. The van der Waals surface area contributed by atoms with Gasteiger partial charge in [-0.2, -0.15) is 5.10 Å². The fourth-order valence-corrected chi connectivity index (χ4v) is 5.22. The number of hydrogen-bond donors (Lipinski definition) is 3. The summed E-state index contributed by atoms with van der Waals surface area (Å²) < 4.78 is 1.51. The number of ketones is 1. The number of rotatable bonds is 12. The van der Waals surface area contributed by atoms with Crippen molar-refractivity contribution in [1.29, 1.82) is 0 Å². The summed E-state index contributed by atoms with van der Waals surface area (Å²) in [5, 5.41) is 13.3. The SMILES string of the molecule is CCN(CC)CCNc1ccc(N=CC2C(=O)Nc3cc(C(=O)c4cccc(NC(=O)c5cc(C)nn5C)c4)ccc32)cc1. The molecular formula is C34H37N7O3. The molecule has 2 amide bonds. The Morgan fingerprint density at radius 1 is 1.00 bits per heavy atom. The van der Waals surface area contributed by atoms with Crippen LogP contribution >= 0.6 is 0 Å². The van der Waals surface area contributed by atoms with Gasteiger partial charge in [-0.3, -0.25) is 24.1 Å². The average Bonchev–Trinajstić information content (AvgIpc) is 3.54. The summed E-state index contributed by atoms with van der Waals surface area (Å²) in [6.07, 6.45) is 1.64. The van der Waals surface area contributed by atoms with E-state index < -0.39 is 5.92 Å². The molecule has 1 aromatic heterocycles. The van der Waals surface area contributed by atoms with E-state index in [2.05, 4.69) is 44.8 Å². The maximum absolute atomic E-state index is 13.4. The number of nitrogens with zero attached hydrogens (tertiary/aromatic N) is 4. The van der Waals surface area contributed by atoms with E-state index in [1.807, 2.05) is 31.2 Å². The minimum absolute atomic E-state index is 0.196. The molecule has 3 N–H and O–H groups in total. The first-order chi connectivity index (χ1) is 21.2. The van der Waals surface area contributed by atoms with Crippen LogP contribution in [0.3, 0.4) is 0 Å². The highest BCUT2D eigenvalue weighted by atomic mass is 16.2. The maximum Gasteiger partial charge on any atom is 0.273 e. The number of aliphatic imine (C=N–C) groups is 1. The van der Waals surface area contributed by atoms with Gasteiger partial charge in [-0.25, -0.2) is 0 Å². The lowest BCUT2D eigenvalue weighted by molar-refractivity contribution is -0.115. The molecule has 1 aliphatic rings. The fourth-order valence-electron chi connectivity index (χ4n) is 5.22. The number of carbonyl (C=O) groups excluding carboxylic acids is 3. The van der Waals surface area contributed by atoms with Crippen LogP contribution in [0, 0.1) is 6.92 Å². The number of fused-ring (bicyclic) bond motifs is 1. The molecule has 0 spiro atoms. The summed E-state index contributed by atoms with van der Waals surface area (Å²) in [4.78, 5) is 45.8. The zero-order valence-corrected chi connectivity index (χ0v) is 25.4. The molecule has 5 rings (SSSR count). The van der Waals surface area contributed by atoms with E-state index in [-0.39, 0.29) is 17.6 Å². The van der Waals surface area contributed by atoms with Crippen molar-refractivity contribution in [3.05, 3.63) is 101 Å². The second kappa shape index (κ2) is 13.5. The molecule has 0 saturated carbocycles. The Labute approximate surface area is 257 Å². The Kier molecular flexibility index (Phi) is 9.30. The van der Waals surface area contributed by atoms with Crippen molar-refractivity contribution in [3.8, 4) is 0 Å². The Morgan fingerprint density at radius 2 is 1.75 bits per heavy atom. The van der Waals surface area contributed by atoms with Crippen molar-refractivity contribution in [2.24, 2.45) is 12.0 Å². The van der Waals surface area contributed by atoms with Crippen molar-refractivity contribution in [3.63, 3.8) is 0 Å². The summed E-state index contributed by atoms with van der Waals surface area (Å²) in [7, 11) is 1.70. The molecule has 1 unspecified atom stereocenters. The van der Waals surface area contributed by atoms with Crippen molar-refractivity contribution in [2.75, 3.05) is 42.1 Å². The minimum Gasteiger partial charge on any atom is -0.384 e. The van der Waals surface area contributed by atoms with Gasteiger partial charge in [0.05, 0.1) is 11.4 Å². The number of aromatic nitrogens is 2. The average molecular weight is 592 g/mol. The summed E-state index contributed by atoms with van der Waals surface area (Å²) >= 11 is 0. The molecule has 3 aromatic carbocycles. The van der Waals surface area contributed by atoms with E-state index in [9.17, 15) is 14.4 Å². The molecule has 1 atom stereocenters. The Hall–Kier alpha value is -5.09. The van der Waals surface area contributed by atoms with Gasteiger partial charge in [0.1, 0.15) is 11.6 Å². The lowest BCUT2D eigenvalue weighted by Gasteiger charge is -2.18. The summed E-state index contributed by atoms with van der Waals surface area (Å²) in [5.74, 6) is -1.30. The van der Waals surface area contributed by atoms with Gasteiger partial charge in [-0.05, 0) is 74.1 Å². The van der Waals surface area contributed by atoms with Crippen molar-refractivity contribution in [1.82, 2.24) is 14.7 Å². The number of hydrogen-bond acceptors (Lipinski definition) is 7. The number of aryl methyl sites for hydroxylation is 2.